The normalized spacial score (nSPS) is 9.67. The number of hydrogen-bond donors (Lipinski definition) is 0. The highest BCUT2D eigenvalue weighted by Crippen LogP contribution is 2.09. The summed E-state index contributed by atoms with van der Waals surface area (Å²) in [5.41, 5.74) is 0.866. The summed E-state index contributed by atoms with van der Waals surface area (Å²) in [6.07, 6.45) is 3.16. The summed E-state index contributed by atoms with van der Waals surface area (Å²) < 4.78 is 0. The van der Waals surface area contributed by atoms with Gasteiger partial charge in [-0.1, -0.05) is 24.3 Å². The second kappa shape index (κ2) is 3.09. The van der Waals surface area contributed by atoms with Crippen molar-refractivity contribution in [1.29, 1.82) is 0 Å². The summed E-state index contributed by atoms with van der Waals surface area (Å²) in [6.45, 7) is 0. The first-order valence-electron chi connectivity index (χ1n) is 3.57. The number of aromatic nitrogens is 3. The monoisotopic (exact) mass is 156 g/mol. The van der Waals surface area contributed by atoms with Crippen LogP contribution in [0.1, 0.15) is 0 Å². The largest absolute Gasteiger partial charge is 0.233 e. The highest BCUT2D eigenvalue weighted by Gasteiger charge is 1.97. The SMILES string of the molecule is [c]1ccccc1-c1nccnn1. The van der Waals surface area contributed by atoms with E-state index in [1.165, 1.54) is 0 Å². The van der Waals surface area contributed by atoms with Gasteiger partial charge in [-0.3, -0.25) is 0 Å². The van der Waals surface area contributed by atoms with E-state index in [9.17, 15) is 0 Å². The first-order valence-corrected chi connectivity index (χ1v) is 3.57. The van der Waals surface area contributed by atoms with Crippen LogP contribution in [0.3, 0.4) is 0 Å². The summed E-state index contributed by atoms with van der Waals surface area (Å²) in [4.78, 5) is 4.04. The van der Waals surface area contributed by atoms with Crippen molar-refractivity contribution in [2.45, 2.75) is 0 Å². The highest BCUT2D eigenvalue weighted by atomic mass is 15.1. The van der Waals surface area contributed by atoms with Crippen molar-refractivity contribution >= 4 is 0 Å². The highest BCUT2D eigenvalue weighted by molar-refractivity contribution is 5.52. The van der Waals surface area contributed by atoms with Gasteiger partial charge >= 0.3 is 0 Å². The van der Waals surface area contributed by atoms with E-state index in [2.05, 4.69) is 21.2 Å². The number of hydrogen-bond acceptors (Lipinski definition) is 3. The van der Waals surface area contributed by atoms with Gasteiger partial charge in [0, 0.05) is 11.8 Å². The standard InChI is InChI=1S/C9H6N3/c1-2-4-8(5-3-1)9-10-6-7-11-12-9/h1-4,6-7H. The zero-order chi connectivity index (χ0) is 8.23. The molecule has 3 nitrogen and oxygen atoms in total. The van der Waals surface area contributed by atoms with Gasteiger partial charge in [0.15, 0.2) is 5.82 Å². The van der Waals surface area contributed by atoms with Crippen molar-refractivity contribution in [3.63, 3.8) is 0 Å². The fourth-order valence-electron chi connectivity index (χ4n) is 0.903. The number of benzene rings is 1. The van der Waals surface area contributed by atoms with Crippen molar-refractivity contribution in [2.24, 2.45) is 0 Å². The van der Waals surface area contributed by atoms with Crippen LogP contribution in [0, 0.1) is 6.07 Å². The summed E-state index contributed by atoms with van der Waals surface area (Å²) in [7, 11) is 0. The molecule has 3 heteroatoms. The van der Waals surface area contributed by atoms with Crippen LogP contribution in [0.25, 0.3) is 11.4 Å². The third kappa shape index (κ3) is 1.29. The molecule has 0 aliphatic carbocycles. The average molecular weight is 156 g/mol. The Hall–Kier alpha value is -1.77. The van der Waals surface area contributed by atoms with Crippen LogP contribution in [0.4, 0.5) is 0 Å². The van der Waals surface area contributed by atoms with E-state index in [0.29, 0.717) is 5.82 Å². The molecular weight excluding hydrogens is 150 g/mol. The third-order valence-corrected chi connectivity index (χ3v) is 1.43. The van der Waals surface area contributed by atoms with Crippen LogP contribution in [-0.2, 0) is 0 Å². The quantitative estimate of drug-likeness (QED) is 0.625. The minimum Gasteiger partial charge on any atom is -0.233 e. The molecule has 0 aliphatic heterocycles. The summed E-state index contributed by atoms with van der Waals surface area (Å²) >= 11 is 0. The molecule has 1 radical (unpaired) electrons. The van der Waals surface area contributed by atoms with Crippen LogP contribution >= 0.6 is 0 Å². The molecule has 2 rings (SSSR count). The maximum atomic E-state index is 4.04. The number of rotatable bonds is 1. The van der Waals surface area contributed by atoms with Crippen molar-refractivity contribution in [3.8, 4) is 11.4 Å². The lowest BCUT2D eigenvalue weighted by Crippen LogP contribution is -1.89. The van der Waals surface area contributed by atoms with E-state index >= 15 is 0 Å². The second-order valence-electron chi connectivity index (χ2n) is 2.24. The molecule has 0 aliphatic rings. The summed E-state index contributed by atoms with van der Waals surface area (Å²) in [5, 5.41) is 7.59. The molecule has 0 saturated heterocycles. The lowest BCUT2D eigenvalue weighted by molar-refractivity contribution is 0.979. The van der Waals surface area contributed by atoms with Crippen molar-refractivity contribution in [3.05, 3.63) is 42.7 Å². The molecule has 12 heavy (non-hydrogen) atoms. The molecule has 1 heterocycles. The topological polar surface area (TPSA) is 38.7 Å². The van der Waals surface area contributed by atoms with Crippen molar-refractivity contribution in [1.82, 2.24) is 15.2 Å². The van der Waals surface area contributed by atoms with Gasteiger partial charge in [-0.15, -0.1) is 5.10 Å². The molecule has 0 saturated carbocycles. The molecule has 0 unspecified atom stereocenters. The Morgan fingerprint density at radius 3 is 2.83 bits per heavy atom. The maximum Gasteiger partial charge on any atom is 0.182 e. The molecule has 0 fully saturated rings. The van der Waals surface area contributed by atoms with Crippen LogP contribution in [0.2, 0.25) is 0 Å². The summed E-state index contributed by atoms with van der Waals surface area (Å²) in [5.74, 6) is 0.609. The van der Waals surface area contributed by atoms with E-state index in [4.69, 9.17) is 0 Å². The minimum absolute atomic E-state index is 0.609. The molecule has 0 bridgehead atoms. The summed E-state index contributed by atoms with van der Waals surface area (Å²) in [6, 6.07) is 10.6. The molecule has 1 aromatic carbocycles. The molecule has 0 N–H and O–H groups in total. The van der Waals surface area contributed by atoms with Crippen LogP contribution in [-0.4, -0.2) is 15.2 Å². The zero-order valence-corrected chi connectivity index (χ0v) is 6.31. The van der Waals surface area contributed by atoms with Crippen molar-refractivity contribution in [2.75, 3.05) is 0 Å². The van der Waals surface area contributed by atoms with Gasteiger partial charge in [0.1, 0.15) is 0 Å². The zero-order valence-electron chi connectivity index (χ0n) is 6.31. The lowest BCUT2D eigenvalue weighted by Gasteiger charge is -1.94. The molecule has 0 amide bonds. The van der Waals surface area contributed by atoms with Crippen molar-refractivity contribution < 1.29 is 0 Å². The Kier molecular flexibility index (Phi) is 1.78. The second-order valence-corrected chi connectivity index (χ2v) is 2.24. The van der Waals surface area contributed by atoms with E-state index in [1.807, 2.05) is 24.3 Å². The molecule has 1 aromatic heterocycles. The molecule has 0 atom stereocenters. The Bertz CT molecular complexity index is 307. The van der Waals surface area contributed by atoms with E-state index in [1.54, 1.807) is 12.4 Å². The predicted molar refractivity (Wildman–Crippen MR) is 44.1 cm³/mol. The van der Waals surface area contributed by atoms with Gasteiger partial charge in [-0.25, -0.2) is 4.98 Å². The van der Waals surface area contributed by atoms with Gasteiger partial charge in [-0.2, -0.15) is 5.10 Å². The van der Waals surface area contributed by atoms with E-state index < -0.39 is 0 Å². The first-order chi connectivity index (χ1) is 5.97. The predicted octanol–water partition coefficient (Wildman–Crippen LogP) is 1.34. The van der Waals surface area contributed by atoms with Gasteiger partial charge in [0.2, 0.25) is 0 Å². The Morgan fingerprint density at radius 1 is 1.17 bits per heavy atom. The lowest BCUT2D eigenvalue weighted by atomic mass is 10.2. The smallest absolute Gasteiger partial charge is 0.182 e. The Morgan fingerprint density at radius 2 is 2.17 bits per heavy atom. The number of nitrogens with zero attached hydrogens (tertiary/aromatic N) is 3. The molecular formula is C9H6N3. The van der Waals surface area contributed by atoms with Gasteiger partial charge < -0.3 is 0 Å². The molecule has 2 aromatic rings. The van der Waals surface area contributed by atoms with Crippen LogP contribution in [0.5, 0.6) is 0 Å². The Balaban J connectivity index is 2.46. The maximum absolute atomic E-state index is 4.04. The minimum atomic E-state index is 0.609. The van der Waals surface area contributed by atoms with Gasteiger partial charge in [0.05, 0.1) is 6.20 Å². The van der Waals surface area contributed by atoms with E-state index in [0.717, 1.165) is 5.56 Å². The van der Waals surface area contributed by atoms with E-state index in [-0.39, 0.29) is 0 Å². The third-order valence-electron chi connectivity index (χ3n) is 1.43. The fourth-order valence-corrected chi connectivity index (χ4v) is 0.903. The van der Waals surface area contributed by atoms with Gasteiger partial charge in [0.25, 0.3) is 0 Å². The first kappa shape index (κ1) is 6.91. The van der Waals surface area contributed by atoms with Crippen LogP contribution < -0.4 is 0 Å². The van der Waals surface area contributed by atoms with Crippen LogP contribution in [0.15, 0.2) is 36.7 Å². The fraction of sp³-hybridized carbons (Fsp3) is 0. The molecule has 0 spiro atoms. The molecule has 57 valence electrons. The van der Waals surface area contributed by atoms with Gasteiger partial charge in [-0.05, 0) is 6.07 Å². The Labute approximate surface area is 70.1 Å². The average Bonchev–Trinajstić information content (AvgIpc) is 2.21.